The van der Waals surface area contributed by atoms with Crippen molar-refractivity contribution in [2.24, 2.45) is 0 Å². The monoisotopic (exact) mass is 652 g/mol. The fraction of sp³-hybridized carbons (Fsp3) is 0.382. The van der Waals surface area contributed by atoms with E-state index < -0.39 is 12.1 Å². The molecular formula is C34H38Cl2N4O5. The van der Waals surface area contributed by atoms with Crippen LogP contribution in [0.2, 0.25) is 10.0 Å². The number of nitrogens with zero attached hydrogens (tertiary/aromatic N) is 2. The summed E-state index contributed by atoms with van der Waals surface area (Å²) in [6.07, 6.45) is 3.57. The van der Waals surface area contributed by atoms with Crippen LogP contribution in [0.4, 0.5) is 10.5 Å². The van der Waals surface area contributed by atoms with Crippen LogP contribution < -0.4 is 20.3 Å². The largest absolute Gasteiger partial charge is 0.494 e. The first-order chi connectivity index (χ1) is 21.8. The molecule has 3 aromatic carbocycles. The molecule has 1 saturated heterocycles. The van der Waals surface area contributed by atoms with Crippen LogP contribution in [-0.2, 0) is 33.7 Å². The molecule has 2 fully saturated rings. The number of anilines is 1. The van der Waals surface area contributed by atoms with Gasteiger partial charge in [-0.2, -0.15) is 0 Å². The highest BCUT2D eigenvalue weighted by Crippen LogP contribution is 2.32. The number of ether oxygens (including phenoxy) is 2. The van der Waals surface area contributed by atoms with Gasteiger partial charge in [-0.25, -0.2) is 4.79 Å². The molecular weight excluding hydrogens is 615 g/mol. The maximum atomic E-state index is 14.1. The van der Waals surface area contributed by atoms with Gasteiger partial charge in [0.1, 0.15) is 11.8 Å². The van der Waals surface area contributed by atoms with Gasteiger partial charge >= 0.3 is 6.09 Å². The number of amides is 3. The number of methoxy groups -OCH3 is 1. The maximum Gasteiger partial charge on any atom is 0.406 e. The minimum absolute atomic E-state index is 0.103. The van der Waals surface area contributed by atoms with E-state index in [1.54, 1.807) is 11.0 Å². The predicted molar refractivity (Wildman–Crippen MR) is 175 cm³/mol. The number of hydrogen-bond donors (Lipinski definition) is 2. The number of rotatable bonds is 13. The van der Waals surface area contributed by atoms with Crippen molar-refractivity contribution in [2.75, 3.05) is 38.3 Å². The molecule has 0 bridgehead atoms. The second kappa shape index (κ2) is 15.5. The summed E-state index contributed by atoms with van der Waals surface area (Å²) in [5.41, 5.74) is 3.64. The number of aryl methyl sites for hydroxylation is 1. The van der Waals surface area contributed by atoms with Gasteiger partial charge in [-0.15, -0.1) is 0 Å². The fourth-order valence-electron chi connectivity index (χ4n) is 5.47. The molecule has 0 aromatic heterocycles. The Morgan fingerprint density at radius 2 is 1.80 bits per heavy atom. The molecule has 1 aliphatic heterocycles. The second-order valence-corrected chi connectivity index (χ2v) is 12.1. The minimum atomic E-state index is -0.671. The van der Waals surface area contributed by atoms with E-state index in [-0.39, 0.29) is 24.4 Å². The highest BCUT2D eigenvalue weighted by Gasteiger charge is 2.41. The Morgan fingerprint density at radius 3 is 2.53 bits per heavy atom. The summed E-state index contributed by atoms with van der Waals surface area (Å²) in [5, 5.41) is 7.02. The zero-order valence-electron chi connectivity index (χ0n) is 25.3. The van der Waals surface area contributed by atoms with Crippen molar-refractivity contribution in [3.8, 4) is 5.75 Å². The van der Waals surface area contributed by atoms with E-state index >= 15 is 0 Å². The third-order valence-corrected chi connectivity index (χ3v) is 8.56. The Bertz CT molecular complexity index is 1500. The first-order valence-electron chi connectivity index (χ1n) is 15.2. The van der Waals surface area contributed by atoms with Crippen molar-refractivity contribution in [1.29, 1.82) is 0 Å². The molecule has 0 radical (unpaired) electrons. The predicted octanol–water partition coefficient (Wildman–Crippen LogP) is 5.40. The average Bonchev–Trinajstić information content (AvgIpc) is 3.89. The molecule has 9 nitrogen and oxygen atoms in total. The summed E-state index contributed by atoms with van der Waals surface area (Å²) in [6, 6.07) is 20.3. The number of benzene rings is 3. The third-order valence-electron chi connectivity index (χ3n) is 7.96. The Kier molecular flexibility index (Phi) is 11.2. The molecule has 5 rings (SSSR count). The molecule has 2 N–H and O–H groups in total. The SMILES string of the molecule is COC(=O)NCCc1ccc(Cl)c(CN(C(=O)[C@H]2CNCC(=O)N2c2ccc(CCCOc3cccc(Cl)c3)cc2)C2CC2)c1. The van der Waals surface area contributed by atoms with Crippen LogP contribution in [0.25, 0.3) is 0 Å². The van der Waals surface area contributed by atoms with Gasteiger partial charge in [0.2, 0.25) is 11.8 Å². The second-order valence-electron chi connectivity index (χ2n) is 11.3. The van der Waals surface area contributed by atoms with Crippen molar-refractivity contribution in [2.45, 2.75) is 50.7 Å². The highest BCUT2D eigenvalue weighted by molar-refractivity contribution is 6.31. The number of halogens is 2. The van der Waals surface area contributed by atoms with Gasteiger partial charge in [0.15, 0.2) is 0 Å². The van der Waals surface area contributed by atoms with Gasteiger partial charge in [0.05, 0.1) is 20.3 Å². The summed E-state index contributed by atoms with van der Waals surface area (Å²) in [6.45, 7) is 1.85. The molecule has 1 heterocycles. The molecule has 3 aromatic rings. The number of carbonyl (C=O) groups excluding carboxylic acids is 3. The van der Waals surface area contributed by atoms with Crippen LogP contribution in [0.3, 0.4) is 0 Å². The summed E-state index contributed by atoms with van der Waals surface area (Å²) < 4.78 is 10.4. The Hall–Kier alpha value is -3.79. The van der Waals surface area contributed by atoms with E-state index in [9.17, 15) is 14.4 Å². The van der Waals surface area contributed by atoms with Gasteiger partial charge in [-0.3, -0.25) is 14.5 Å². The van der Waals surface area contributed by atoms with E-state index in [2.05, 4.69) is 15.4 Å². The zero-order valence-corrected chi connectivity index (χ0v) is 26.8. The van der Waals surface area contributed by atoms with Crippen molar-refractivity contribution in [3.05, 3.63) is 93.5 Å². The topological polar surface area (TPSA) is 100 Å². The zero-order chi connectivity index (χ0) is 31.8. The van der Waals surface area contributed by atoms with E-state index in [0.717, 1.165) is 48.1 Å². The Morgan fingerprint density at radius 1 is 1.02 bits per heavy atom. The van der Waals surface area contributed by atoms with Crippen molar-refractivity contribution < 1.29 is 23.9 Å². The number of alkyl carbamates (subject to hydrolysis) is 1. The molecule has 2 aliphatic rings. The van der Waals surface area contributed by atoms with E-state index in [0.29, 0.717) is 48.4 Å². The van der Waals surface area contributed by atoms with Gasteiger partial charge < -0.3 is 25.0 Å². The molecule has 1 saturated carbocycles. The van der Waals surface area contributed by atoms with Gasteiger partial charge in [0, 0.05) is 41.4 Å². The van der Waals surface area contributed by atoms with Crippen molar-refractivity contribution in [1.82, 2.24) is 15.5 Å². The summed E-state index contributed by atoms with van der Waals surface area (Å²) in [4.78, 5) is 42.3. The lowest BCUT2D eigenvalue weighted by atomic mass is 10.0. The standard InChI is InChI=1S/C34H38Cl2N4O5/c1-44-34(43)38-16-15-24-9-14-30(36)25(18-24)22-39(27-12-13-27)33(42)31-20-37-21-32(41)40(31)28-10-7-23(8-11-28)4-3-17-45-29-6-2-5-26(35)19-29/h2,5-11,14,18-19,27,31,37H,3-4,12-13,15-17,20-22H2,1H3,(H,38,43)/t31-/m1/s1. The Labute approximate surface area is 273 Å². The number of piperazine rings is 1. The van der Waals surface area contributed by atoms with Crippen LogP contribution in [0.5, 0.6) is 5.75 Å². The maximum absolute atomic E-state index is 14.1. The quantitative estimate of drug-likeness (QED) is 0.240. The Balaban J connectivity index is 1.23. The van der Waals surface area contributed by atoms with E-state index in [1.165, 1.54) is 7.11 Å². The van der Waals surface area contributed by atoms with Crippen LogP contribution in [0, 0.1) is 0 Å². The van der Waals surface area contributed by atoms with Crippen LogP contribution in [-0.4, -0.2) is 68.2 Å². The van der Waals surface area contributed by atoms with Gasteiger partial charge in [-0.1, -0.05) is 53.5 Å². The molecule has 45 heavy (non-hydrogen) atoms. The first kappa shape index (κ1) is 32.6. The van der Waals surface area contributed by atoms with E-state index in [4.69, 9.17) is 27.9 Å². The third kappa shape index (κ3) is 8.90. The van der Waals surface area contributed by atoms with Gasteiger partial charge in [-0.05, 0) is 85.2 Å². The van der Waals surface area contributed by atoms with Gasteiger partial charge in [0.25, 0.3) is 0 Å². The molecule has 11 heteroatoms. The molecule has 238 valence electrons. The number of hydrogen-bond acceptors (Lipinski definition) is 6. The molecule has 0 unspecified atom stereocenters. The minimum Gasteiger partial charge on any atom is -0.494 e. The smallest absolute Gasteiger partial charge is 0.406 e. The van der Waals surface area contributed by atoms with Crippen LogP contribution in [0.1, 0.15) is 36.0 Å². The lowest BCUT2D eigenvalue weighted by molar-refractivity contribution is -0.136. The average molecular weight is 654 g/mol. The van der Waals surface area contributed by atoms with Crippen LogP contribution >= 0.6 is 23.2 Å². The highest BCUT2D eigenvalue weighted by atomic mass is 35.5. The molecule has 1 aliphatic carbocycles. The summed E-state index contributed by atoms with van der Waals surface area (Å²) in [7, 11) is 1.33. The summed E-state index contributed by atoms with van der Waals surface area (Å²) >= 11 is 12.6. The number of nitrogens with one attached hydrogen (secondary N) is 2. The summed E-state index contributed by atoms with van der Waals surface area (Å²) in [5.74, 6) is 0.499. The lowest BCUT2D eigenvalue weighted by Crippen LogP contribution is -2.61. The molecule has 0 spiro atoms. The normalized spacial score (nSPS) is 16.3. The van der Waals surface area contributed by atoms with Crippen LogP contribution in [0.15, 0.2) is 66.7 Å². The first-order valence-corrected chi connectivity index (χ1v) is 16.0. The molecule has 1 atom stereocenters. The van der Waals surface area contributed by atoms with Crippen molar-refractivity contribution >= 4 is 46.8 Å². The van der Waals surface area contributed by atoms with Crippen molar-refractivity contribution in [3.63, 3.8) is 0 Å². The number of carbonyl (C=O) groups is 3. The lowest BCUT2D eigenvalue weighted by Gasteiger charge is -2.38. The fourth-order valence-corrected chi connectivity index (χ4v) is 5.83. The van der Waals surface area contributed by atoms with E-state index in [1.807, 2.05) is 65.6 Å². The molecule has 3 amide bonds.